The van der Waals surface area contributed by atoms with Crippen molar-refractivity contribution in [2.45, 2.75) is 13.3 Å². The summed E-state index contributed by atoms with van der Waals surface area (Å²) in [4.78, 5) is 10.6. The van der Waals surface area contributed by atoms with Crippen LogP contribution in [-0.4, -0.2) is 11.5 Å². The zero-order valence-electron chi connectivity index (χ0n) is 11.6. The second-order valence-electron chi connectivity index (χ2n) is 4.59. The molecule has 0 bridgehead atoms. The predicted octanol–water partition coefficient (Wildman–Crippen LogP) is 4.81. The smallest absolute Gasteiger partial charge is 0.273 e. The van der Waals surface area contributed by atoms with E-state index in [1.165, 1.54) is 12.1 Å². The number of halogens is 1. The molecular formula is C15H16ClN3O2. The second kappa shape index (κ2) is 6.95. The summed E-state index contributed by atoms with van der Waals surface area (Å²) in [5.74, 6) is 0. The van der Waals surface area contributed by atoms with Gasteiger partial charge in [0, 0.05) is 40.8 Å². The topological polar surface area (TPSA) is 67.2 Å². The molecule has 0 saturated heterocycles. The fourth-order valence-corrected chi connectivity index (χ4v) is 2.08. The van der Waals surface area contributed by atoms with Crippen molar-refractivity contribution >= 4 is 34.4 Å². The normalized spacial score (nSPS) is 10.2. The first kappa shape index (κ1) is 15.1. The van der Waals surface area contributed by atoms with Gasteiger partial charge in [-0.15, -0.1) is 0 Å². The lowest BCUT2D eigenvalue weighted by Gasteiger charge is -2.10. The van der Waals surface area contributed by atoms with E-state index in [0.29, 0.717) is 10.7 Å². The van der Waals surface area contributed by atoms with Crippen molar-refractivity contribution in [1.82, 2.24) is 0 Å². The first-order valence-electron chi connectivity index (χ1n) is 6.64. The monoisotopic (exact) mass is 305 g/mol. The van der Waals surface area contributed by atoms with E-state index < -0.39 is 4.92 Å². The van der Waals surface area contributed by atoms with Crippen LogP contribution in [0, 0.1) is 10.1 Å². The highest BCUT2D eigenvalue weighted by Gasteiger charge is 2.10. The number of hydrogen-bond acceptors (Lipinski definition) is 4. The molecule has 0 saturated carbocycles. The quantitative estimate of drug-likeness (QED) is 0.593. The van der Waals surface area contributed by atoms with Gasteiger partial charge in [0.05, 0.1) is 4.92 Å². The molecule has 6 heteroatoms. The number of rotatable bonds is 6. The number of hydrogen-bond donors (Lipinski definition) is 2. The van der Waals surface area contributed by atoms with Crippen molar-refractivity contribution in [3.8, 4) is 0 Å². The van der Waals surface area contributed by atoms with Crippen molar-refractivity contribution in [2.24, 2.45) is 0 Å². The molecule has 0 amide bonds. The molecule has 5 nitrogen and oxygen atoms in total. The third kappa shape index (κ3) is 4.36. The summed E-state index contributed by atoms with van der Waals surface area (Å²) in [5, 5.41) is 17.9. The highest BCUT2D eigenvalue weighted by molar-refractivity contribution is 6.30. The number of benzene rings is 2. The minimum absolute atomic E-state index is 0.0423. The molecule has 0 aliphatic carbocycles. The average Bonchev–Trinajstić information content (AvgIpc) is 2.45. The number of non-ortho nitro benzene ring substituents is 1. The summed E-state index contributed by atoms with van der Waals surface area (Å²) in [7, 11) is 0. The minimum atomic E-state index is -0.403. The molecule has 0 unspecified atom stereocenters. The molecule has 2 rings (SSSR count). The number of nitrogens with one attached hydrogen (secondary N) is 2. The molecule has 0 atom stereocenters. The number of nitro groups is 1. The summed E-state index contributed by atoms with van der Waals surface area (Å²) < 4.78 is 0. The van der Waals surface area contributed by atoms with E-state index in [1.807, 2.05) is 25.1 Å². The van der Waals surface area contributed by atoms with Gasteiger partial charge in [0.25, 0.3) is 5.69 Å². The fourth-order valence-electron chi connectivity index (χ4n) is 1.89. The minimum Gasteiger partial charge on any atom is -0.385 e. The molecule has 2 N–H and O–H groups in total. The summed E-state index contributed by atoms with van der Waals surface area (Å²) >= 11 is 5.93. The van der Waals surface area contributed by atoms with Gasteiger partial charge in [-0.3, -0.25) is 10.1 Å². The maximum atomic E-state index is 11.0. The second-order valence-corrected chi connectivity index (χ2v) is 5.02. The molecule has 0 spiro atoms. The maximum Gasteiger partial charge on any atom is 0.273 e. The van der Waals surface area contributed by atoms with Crippen LogP contribution in [0.1, 0.15) is 13.3 Å². The molecule has 0 aromatic heterocycles. The Bertz CT molecular complexity index is 647. The van der Waals surface area contributed by atoms with Crippen molar-refractivity contribution in [3.05, 3.63) is 57.6 Å². The lowest BCUT2D eigenvalue weighted by Crippen LogP contribution is -2.01. The third-order valence-corrected chi connectivity index (χ3v) is 3.06. The van der Waals surface area contributed by atoms with Gasteiger partial charge in [-0.1, -0.05) is 24.6 Å². The molecule has 2 aromatic rings. The zero-order chi connectivity index (χ0) is 15.2. The van der Waals surface area contributed by atoms with Crippen LogP contribution < -0.4 is 10.6 Å². The number of anilines is 3. The van der Waals surface area contributed by atoms with Gasteiger partial charge in [0.15, 0.2) is 0 Å². The van der Waals surface area contributed by atoms with Crippen LogP contribution in [-0.2, 0) is 0 Å². The van der Waals surface area contributed by atoms with Crippen molar-refractivity contribution in [1.29, 1.82) is 0 Å². The highest BCUT2D eigenvalue weighted by atomic mass is 35.5. The van der Waals surface area contributed by atoms with Crippen LogP contribution in [0.15, 0.2) is 42.5 Å². The van der Waals surface area contributed by atoms with E-state index in [4.69, 9.17) is 11.6 Å². The Hall–Kier alpha value is -2.27. The van der Waals surface area contributed by atoms with Gasteiger partial charge in [0.2, 0.25) is 0 Å². The molecular weight excluding hydrogens is 290 g/mol. The Morgan fingerprint density at radius 2 is 1.90 bits per heavy atom. The molecule has 0 heterocycles. The highest BCUT2D eigenvalue weighted by Crippen LogP contribution is 2.27. The van der Waals surface area contributed by atoms with Crippen molar-refractivity contribution in [2.75, 3.05) is 17.2 Å². The summed E-state index contributed by atoms with van der Waals surface area (Å²) in [6, 6.07) is 12.1. The first-order chi connectivity index (χ1) is 10.1. The molecule has 2 aromatic carbocycles. The lowest BCUT2D eigenvalue weighted by molar-refractivity contribution is -0.384. The summed E-state index contributed by atoms with van der Waals surface area (Å²) in [5.41, 5.74) is 2.19. The van der Waals surface area contributed by atoms with Crippen molar-refractivity contribution in [3.63, 3.8) is 0 Å². The van der Waals surface area contributed by atoms with Crippen molar-refractivity contribution < 1.29 is 4.92 Å². The fraction of sp³-hybridized carbons (Fsp3) is 0.200. The molecule has 0 aliphatic rings. The average molecular weight is 306 g/mol. The van der Waals surface area contributed by atoms with E-state index in [-0.39, 0.29) is 5.69 Å². The van der Waals surface area contributed by atoms with Gasteiger partial charge in [-0.2, -0.15) is 0 Å². The van der Waals surface area contributed by atoms with Gasteiger partial charge in [-0.25, -0.2) is 0 Å². The molecule has 21 heavy (non-hydrogen) atoms. The lowest BCUT2D eigenvalue weighted by atomic mass is 10.2. The Morgan fingerprint density at radius 1 is 1.14 bits per heavy atom. The largest absolute Gasteiger partial charge is 0.385 e. The number of nitrogens with zero attached hydrogens (tertiary/aromatic N) is 1. The van der Waals surface area contributed by atoms with Gasteiger partial charge < -0.3 is 10.6 Å². The molecule has 0 radical (unpaired) electrons. The molecule has 0 fully saturated rings. The summed E-state index contributed by atoms with van der Waals surface area (Å²) in [6.45, 7) is 2.80. The summed E-state index contributed by atoms with van der Waals surface area (Å²) in [6.07, 6.45) is 0.944. The van der Waals surface area contributed by atoms with E-state index >= 15 is 0 Å². The van der Waals surface area contributed by atoms with Crippen LogP contribution in [0.5, 0.6) is 0 Å². The van der Waals surface area contributed by atoms with E-state index in [0.717, 1.165) is 24.3 Å². The van der Waals surface area contributed by atoms with Crippen LogP contribution in [0.3, 0.4) is 0 Å². The van der Waals surface area contributed by atoms with Gasteiger partial charge >= 0.3 is 0 Å². The zero-order valence-corrected chi connectivity index (χ0v) is 12.4. The Morgan fingerprint density at radius 3 is 2.57 bits per heavy atom. The predicted molar refractivity (Wildman–Crippen MR) is 86.6 cm³/mol. The molecule has 110 valence electrons. The van der Waals surface area contributed by atoms with Crippen LogP contribution in [0.25, 0.3) is 0 Å². The van der Waals surface area contributed by atoms with Gasteiger partial charge in [0.1, 0.15) is 0 Å². The third-order valence-electron chi connectivity index (χ3n) is 2.82. The van der Waals surface area contributed by atoms with Crippen LogP contribution in [0.2, 0.25) is 5.02 Å². The first-order valence-corrected chi connectivity index (χ1v) is 7.02. The maximum absolute atomic E-state index is 11.0. The number of nitro benzene ring substituents is 1. The van der Waals surface area contributed by atoms with Crippen LogP contribution >= 0.6 is 11.6 Å². The SMILES string of the molecule is CCCNc1cc(Nc2cccc(Cl)c2)cc([N+](=O)[O-])c1. The van der Waals surface area contributed by atoms with Crippen LogP contribution in [0.4, 0.5) is 22.7 Å². The van der Waals surface area contributed by atoms with E-state index in [9.17, 15) is 10.1 Å². The van der Waals surface area contributed by atoms with Gasteiger partial charge in [-0.05, 0) is 30.7 Å². The molecule has 0 aliphatic heterocycles. The Balaban J connectivity index is 2.28. The van der Waals surface area contributed by atoms with E-state index in [1.54, 1.807) is 12.1 Å². The Kier molecular flexibility index (Phi) is 5.00. The Labute approximate surface area is 128 Å². The van der Waals surface area contributed by atoms with E-state index in [2.05, 4.69) is 10.6 Å². The standard InChI is InChI=1S/C15H16ClN3O2/c1-2-6-17-13-8-14(10-15(9-13)19(20)21)18-12-5-3-4-11(16)7-12/h3-5,7-10,17-18H,2,6H2,1H3.